The lowest BCUT2D eigenvalue weighted by atomic mass is 9.68. The molecular weight excluding hydrogens is 532 g/mol. The Morgan fingerprint density at radius 2 is 1.65 bits per heavy atom. The van der Waals surface area contributed by atoms with Gasteiger partial charge in [0, 0.05) is 21.1 Å². The van der Waals surface area contributed by atoms with E-state index in [9.17, 15) is 14.4 Å². The highest BCUT2D eigenvalue weighted by Gasteiger charge is 2.69. The van der Waals surface area contributed by atoms with Crippen LogP contribution < -0.4 is 19.2 Å². The first-order chi connectivity index (χ1) is 17.9. The number of imide groups is 1. The first-order valence-electron chi connectivity index (χ1n) is 12.2. The maximum atomic E-state index is 13.8. The molecule has 0 unspecified atom stereocenters. The van der Waals surface area contributed by atoms with Crippen molar-refractivity contribution in [2.24, 2.45) is 29.6 Å². The summed E-state index contributed by atoms with van der Waals surface area (Å²) >= 11 is 8.97. The van der Waals surface area contributed by atoms with Gasteiger partial charge in [-0.3, -0.25) is 19.3 Å². The molecule has 2 aromatic carbocycles. The number of anilines is 1. The predicted octanol–water partition coefficient (Wildman–Crippen LogP) is 4.78. The van der Waals surface area contributed by atoms with Crippen molar-refractivity contribution in [1.29, 1.82) is 0 Å². The molecule has 1 N–H and O–H groups in total. The first kappa shape index (κ1) is 23.4. The van der Waals surface area contributed by atoms with Crippen molar-refractivity contribution in [2.45, 2.75) is 22.6 Å². The molecule has 3 fully saturated rings. The van der Waals surface area contributed by atoms with Crippen molar-refractivity contribution in [2.75, 3.05) is 19.1 Å². The summed E-state index contributed by atoms with van der Waals surface area (Å²) in [5.41, 5.74) is 1.60. The highest BCUT2D eigenvalue weighted by atomic mass is 35.5. The van der Waals surface area contributed by atoms with Gasteiger partial charge < -0.3 is 14.5 Å². The van der Waals surface area contributed by atoms with Gasteiger partial charge in [-0.25, -0.2) is 0 Å². The number of ether oxygens (including phenoxy) is 2. The molecule has 10 heteroatoms. The Kier molecular flexibility index (Phi) is 5.29. The average Bonchev–Trinajstić information content (AvgIpc) is 3.63. The van der Waals surface area contributed by atoms with Crippen molar-refractivity contribution < 1.29 is 19.1 Å². The van der Waals surface area contributed by atoms with Crippen molar-refractivity contribution in [1.82, 2.24) is 4.98 Å². The monoisotopic (exact) mass is 554 g/mol. The fraction of sp³-hybridized carbons (Fsp3) is 0.370. The van der Waals surface area contributed by atoms with Crippen LogP contribution in [-0.4, -0.2) is 36.3 Å². The van der Waals surface area contributed by atoms with Gasteiger partial charge in [0.2, 0.25) is 11.8 Å². The summed E-state index contributed by atoms with van der Waals surface area (Å²) in [5.74, 6) is 0.504. The van der Waals surface area contributed by atoms with E-state index >= 15 is 0 Å². The van der Waals surface area contributed by atoms with Gasteiger partial charge in [-0.05, 0) is 66.1 Å². The summed E-state index contributed by atoms with van der Waals surface area (Å²) in [6.45, 7) is 0. The third-order valence-corrected chi connectivity index (χ3v) is 11.4. The van der Waals surface area contributed by atoms with Crippen LogP contribution in [0.5, 0.6) is 11.5 Å². The smallest absolute Gasteiger partial charge is 0.305 e. The molecule has 0 radical (unpaired) electrons. The molecule has 2 aliphatic heterocycles. The summed E-state index contributed by atoms with van der Waals surface area (Å²) in [7, 11) is 3.21. The summed E-state index contributed by atoms with van der Waals surface area (Å²) < 4.78 is 11.0. The number of hydrogen-bond acceptors (Lipinski definition) is 7. The highest BCUT2D eigenvalue weighted by Crippen LogP contribution is 2.68. The molecule has 4 aliphatic rings. The van der Waals surface area contributed by atoms with Crippen molar-refractivity contribution in [3.63, 3.8) is 0 Å². The maximum absolute atomic E-state index is 13.8. The van der Waals surface area contributed by atoms with E-state index in [0.717, 1.165) is 21.9 Å². The number of carbonyl (C=O) groups is 2. The Hall–Kier alpha value is -2.75. The number of aromatic amines is 1. The van der Waals surface area contributed by atoms with E-state index in [-0.39, 0.29) is 57.4 Å². The number of H-pyrrole nitrogens is 1. The Morgan fingerprint density at radius 3 is 2.35 bits per heavy atom. The zero-order chi connectivity index (χ0) is 25.6. The molecule has 1 aromatic heterocycles. The molecular formula is C27H23ClN2O5S2. The van der Waals surface area contributed by atoms with Gasteiger partial charge in [0.1, 0.15) is 0 Å². The Labute approximate surface area is 226 Å². The molecule has 2 aliphatic carbocycles. The lowest BCUT2D eigenvalue weighted by Crippen LogP contribution is -2.42. The lowest BCUT2D eigenvalue weighted by molar-refractivity contribution is -0.123. The van der Waals surface area contributed by atoms with E-state index in [1.165, 1.54) is 16.2 Å². The van der Waals surface area contributed by atoms with Crippen LogP contribution in [0.3, 0.4) is 0 Å². The second-order valence-corrected chi connectivity index (χ2v) is 12.7. The minimum Gasteiger partial charge on any atom is -0.493 e. The zero-order valence-corrected chi connectivity index (χ0v) is 22.4. The summed E-state index contributed by atoms with van der Waals surface area (Å²) in [6.07, 6.45) is 0.840. The number of carbonyl (C=O) groups excluding carboxylic acids is 2. The van der Waals surface area contributed by atoms with E-state index in [2.05, 4.69) is 4.98 Å². The highest BCUT2D eigenvalue weighted by molar-refractivity contribution is 8.00. The Morgan fingerprint density at radius 1 is 0.946 bits per heavy atom. The minimum atomic E-state index is -0.352. The largest absolute Gasteiger partial charge is 0.493 e. The van der Waals surface area contributed by atoms with Crippen LogP contribution in [0, 0.1) is 29.6 Å². The Bertz CT molecular complexity index is 1500. The van der Waals surface area contributed by atoms with Gasteiger partial charge in [-0.2, -0.15) is 0 Å². The number of thioether (sulfide) groups is 1. The van der Waals surface area contributed by atoms with Gasteiger partial charge in [0.15, 0.2) is 11.5 Å². The number of nitrogens with zero attached hydrogens (tertiary/aromatic N) is 1. The predicted molar refractivity (Wildman–Crippen MR) is 142 cm³/mol. The molecule has 1 saturated heterocycles. The minimum absolute atomic E-state index is 0.0460. The zero-order valence-electron chi connectivity index (χ0n) is 20.0. The number of benzene rings is 2. The molecule has 3 aromatic rings. The lowest BCUT2D eigenvalue weighted by Gasteiger charge is -2.43. The molecule has 2 amide bonds. The van der Waals surface area contributed by atoms with E-state index in [0.29, 0.717) is 22.2 Å². The van der Waals surface area contributed by atoms with E-state index < -0.39 is 0 Å². The number of methoxy groups -OCH3 is 2. The molecule has 2 bridgehead atoms. The number of amides is 2. The fourth-order valence-corrected chi connectivity index (χ4v) is 10.3. The number of rotatable bonds is 4. The van der Waals surface area contributed by atoms with E-state index in [1.807, 2.05) is 18.2 Å². The second kappa shape index (κ2) is 8.38. The quantitative estimate of drug-likeness (QED) is 0.467. The van der Waals surface area contributed by atoms with Gasteiger partial charge in [0.25, 0.3) is 0 Å². The van der Waals surface area contributed by atoms with Crippen LogP contribution in [0.4, 0.5) is 5.69 Å². The first-order valence-corrected chi connectivity index (χ1v) is 14.2. The molecule has 7 nitrogen and oxygen atoms in total. The third kappa shape index (κ3) is 3.23. The second-order valence-electron chi connectivity index (χ2n) is 10.1. The van der Waals surface area contributed by atoms with Gasteiger partial charge in [0.05, 0.1) is 36.8 Å². The molecule has 3 heterocycles. The number of aromatic nitrogens is 1. The van der Waals surface area contributed by atoms with E-state index in [4.69, 9.17) is 21.1 Å². The van der Waals surface area contributed by atoms with Crippen LogP contribution in [-0.2, 0) is 9.59 Å². The van der Waals surface area contributed by atoms with Crippen molar-refractivity contribution in [3.05, 3.63) is 67.6 Å². The van der Waals surface area contributed by atoms with Crippen LogP contribution >= 0.6 is 34.7 Å². The molecule has 7 rings (SSSR count). The summed E-state index contributed by atoms with van der Waals surface area (Å²) in [5, 5.41) is 1.57. The molecule has 37 heavy (non-hydrogen) atoms. The maximum Gasteiger partial charge on any atom is 0.305 e. The van der Waals surface area contributed by atoms with Gasteiger partial charge in [-0.1, -0.05) is 29.0 Å². The number of thiazole rings is 1. The molecule has 0 spiro atoms. The molecule has 2 saturated carbocycles. The topological polar surface area (TPSA) is 88.7 Å². The average molecular weight is 555 g/mol. The Balaban J connectivity index is 1.32. The van der Waals surface area contributed by atoms with Crippen LogP contribution in [0.1, 0.15) is 22.8 Å². The van der Waals surface area contributed by atoms with Gasteiger partial charge >= 0.3 is 4.87 Å². The molecule has 7 atom stereocenters. The summed E-state index contributed by atoms with van der Waals surface area (Å²) in [6, 6.07) is 12.8. The number of halogens is 1. The number of hydrogen-bond donors (Lipinski definition) is 1. The van der Waals surface area contributed by atoms with Gasteiger partial charge in [-0.15, -0.1) is 11.8 Å². The SMILES string of the molecule is COc1ccc([C@@H]2c3sc(=O)[nH]c3S[C@H]3[C@@H]4C[C@@H]([C@@H]5C(=O)N(c6ccc(Cl)cc6)C(=O)[C@@H]45)[C@H]23)cc1OC. The third-order valence-electron chi connectivity index (χ3n) is 8.58. The van der Waals surface area contributed by atoms with E-state index in [1.54, 1.807) is 50.2 Å². The standard InChI is InChI=1S/C27H23ClN2O5S2/c1-34-16-8-3-11(9-17(16)35-2)18-19-14-10-15(22(19)36-24-23(18)37-27(33)29-24)21-20(14)25(31)30(26(21)32)13-6-4-12(28)5-7-13/h3-9,14-15,18-22H,10H2,1-2H3,(H,29,33)/t14-,15-,18+,19-,20+,21+,22+/m1/s1. The normalized spacial score (nSPS) is 31.3. The number of fused-ring (bicyclic) bond motifs is 9. The van der Waals surface area contributed by atoms with Crippen LogP contribution in [0.25, 0.3) is 0 Å². The number of nitrogens with one attached hydrogen (secondary N) is 1. The van der Waals surface area contributed by atoms with Crippen LogP contribution in [0.2, 0.25) is 5.02 Å². The van der Waals surface area contributed by atoms with Crippen LogP contribution in [0.15, 0.2) is 52.3 Å². The molecule has 190 valence electrons. The van der Waals surface area contributed by atoms with Crippen molar-refractivity contribution in [3.8, 4) is 11.5 Å². The summed E-state index contributed by atoms with van der Waals surface area (Å²) in [4.78, 5) is 45.3. The van der Waals surface area contributed by atoms with Crippen molar-refractivity contribution >= 4 is 52.2 Å². The fourth-order valence-electron chi connectivity index (χ4n) is 7.28.